The molecule has 152 valence electrons. The molecule has 0 aliphatic carbocycles. The Morgan fingerprint density at radius 3 is 2.37 bits per heavy atom. The van der Waals surface area contributed by atoms with Gasteiger partial charge in [0.2, 0.25) is 0 Å². The molecule has 4 nitrogen and oxygen atoms in total. The van der Waals surface area contributed by atoms with Gasteiger partial charge in [-0.1, -0.05) is 18.2 Å². The van der Waals surface area contributed by atoms with E-state index in [1.165, 1.54) is 22.9 Å². The molecular weight excluding hydrogens is 390 g/mol. The molecule has 1 aliphatic rings. The predicted molar refractivity (Wildman–Crippen MR) is 127 cm³/mol. The van der Waals surface area contributed by atoms with Crippen molar-refractivity contribution in [3.05, 3.63) is 87.1 Å². The van der Waals surface area contributed by atoms with Crippen LogP contribution in [0.3, 0.4) is 0 Å². The van der Waals surface area contributed by atoms with Crippen molar-refractivity contribution in [1.29, 1.82) is 0 Å². The summed E-state index contributed by atoms with van der Waals surface area (Å²) in [6.07, 6.45) is 1.96. The third kappa shape index (κ3) is 4.12. The largest absolute Gasteiger partial charge is 0.318 e. The zero-order valence-electron chi connectivity index (χ0n) is 17.9. The van der Waals surface area contributed by atoms with Crippen LogP contribution < -0.4 is 5.32 Å². The summed E-state index contributed by atoms with van der Waals surface area (Å²) >= 11 is 1.38. The molecule has 0 atom stereocenters. The topological polar surface area (TPSA) is 46.4 Å². The lowest BCUT2D eigenvalue weighted by Crippen LogP contribution is -2.19. The summed E-state index contributed by atoms with van der Waals surface area (Å²) in [6, 6.07) is 16.6. The number of carbonyl (C=O) groups excluding carboxylic acids is 1. The number of nitrogens with one attached hydrogen (secondary N) is 1. The summed E-state index contributed by atoms with van der Waals surface area (Å²) in [5.41, 5.74) is 8.90. The number of carbonyl (C=O) groups is 1. The van der Waals surface area contributed by atoms with Crippen molar-refractivity contribution in [2.45, 2.75) is 34.6 Å². The van der Waals surface area contributed by atoms with Gasteiger partial charge in [-0.2, -0.15) is 0 Å². The van der Waals surface area contributed by atoms with Crippen molar-refractivity contribution in [1.82, 2.24) is 9.88 Å². The first kappa shape index (κ1) is 20.2. The van der Waals surface area contributed by atoms with Gasteiger partial charge in [0, 0.05) is 17.1 Å². The first-order valence-electron chi connectivity index (χ1n) is 9.94. The third-order valence-electron chi connectivity index (χ3n) is 5.10. The predicted octanol–water partition coefficient (Wildman–Crippen LogP) is 5.91. The van der Waals surface area contributed by atoms with Crippen molar-refractivity contribution in [2.75, 3.05) is 0 Å². The Morgan fingerprint density at radius 2 is 1.67 bits per heavy atom. The molecule has 0 saturated carbocycles. The van der Waals surface area contributed by atoms with Gasteiger partial charge >= 0.3 is 0 Å². The number of aliphatic imine (C=N–C) groups is 1. The molecule has 30 heavy (non-hydrogen) atoms. The van der Waals surface area contributed by atoms with E-state index in [9.17, 15) is 4.79 Å². The highest BCUT2D eigenvalue weighted by molar-refractivity contribution is 8.18. The van der Waals surface area contributed by atoms with Gasteiger partial charge in [-0.05, 0) is 105 Å². The van der Waals surface area contributed by atoms with Gasteiger partial charge in [0.1, 0.15) is 0 Å². The molecule has 2 aromatic carbocycles. The number of thioether (sulfide) groups is 1. The lowest BCUT2D eigenvalue weighted by atomic mass is 10.1. The second kappa shape index (κ2) is 8.00. The van der Waals surface area contributed by atoms with Crippen LogP contribution in [0, 0.1) is 34.6 Å². The number of nitrogens with zero attached hydrogens (tertiary/aromatic N) is 2. The number of amidine groups is 1. The first-order chi connectivity index (χ1) is 14.3. The summed E-state index contributed by atoms with van der Waals surface area (Å²) in [5, 5.41) is 3.49. The molecule has 3 aromatic rings. The van der Waals surface area contributed by atoms with Crippen molar-refractivity contribution < 1.29 is 4.79 Å². The average Bonchev–Trinajstić information content (AvgIpc) is 3.13. The molecule has 0 radical (unpaired) electrons. The van der Waals surface area contributed by atoms with Crippen LogP contribution in [0.25, 0.3) is 11.8 Å². The normalized spacial score (nSPS) is 16.5. The van der Waals surface area contributed by atoms with Crippen LogP contribution in [0.5, 0.6) is 0 Å². The molecule has 0 spiro atoms. The van der Waals surface area contributed by atoms with Gasteiger partial charge in [0.05, 0.1) is 10.6 Å². The molecule has 1 fully saturated rings. The van der Waals surface area contributed by atoms with E-state index in [2.05, 4.69) is 66.8 Å². The number of aromatic nitrogens is 1. The summed E-state index contributed by atoms with van der Waals surface area (Å²) in [5.74, 6) is -0.109. The van der Waals surface area contributed by atoms with Crippen molar-refractivity contribution in [3.8, 4) is 5.69 Å². The molecule has 4 rings (SSSR count). The van der Waals surface area contributed by atoms with Crippen molar-refractivity contribution in [2.24, 2.45) is 4.99 Å². The van der Waals surface area contributed by atoms with Crippen LogP contribution in [-0.2, 0) is 4.79 Å². The van der Waals surface area contributed by atoms with E-state index in [0.717, 1.165) is 33.9 Å². The van der Waals surface area contributed by atoms with E-state index in [1.807, 2.05) is 37.3 Å². The van der Waals surface area contributed by atoms with Gasteiger partial charge in [-0.15, -0.1) is 0 Å². The van der Waals surface area contributed by atoms with E-state index < -0.39 is 0 Å². The Labute approximate surface area is 181 Å². The summed E-state index contributed by atoms with van der Waals surface area (Å²) in [7, 11) is 0. The number of amides is 1. The van der Waals surface area contributed by atoms with Crippen LogP contribution in [0.4, 0.5) is 5.69 Å². The molecule has 1 amide bonds. The van der Waals surface area contributed by atoms with Crippen LogP contribution in [0.2, 0.25) is 0 Å². The quantitative estimate of drug-likeness (QED) is 0.541. The Balaban J connectivity index is 1.66. The van der Waals surface area contributed by atoms with E-state index in [4.69, 9.17) is 0 Å². The van der Waals surface area contributed by atoms with Crippen LogP contribution in [0.15, 0.2) is 58.4 Å². The van der Waals surface area contributed by atoms with Crippen LogP contribution in [-0.4, -0.2) is 15.6 Å². The lowest BCUT2D eigenvalue weighted by Gasteiger charge is -2.12. The summed E-state index contributed by atoms with van der Waals surface area (Å²) in [6.45, 7) is 10.4. The minimum Gasteiger partial charge on any atom is -0.318 e. The summed E-state index contributed by atoms with van der Waals surface area (Å²) in [4.78, 5) is 17.8. The SMILES string of the molecule is Cc1cccc(N=C2NC(=O)/C(=C/c3cc(C)n(-c4cc(C)cc(C)c4)c3C)S2)c1. The second-order valence-electron chi connectivity index (χ2n) is 7.83. The molecular formula is C25H25N3OS. The standard InChI is InChI=1S/C25H25N3OS/c1-15-7-6-8-21(10-15)26-25-27-24(29)23(30-25)14-20-13-18(4)28(19(20)5)22-11-16(2)9-17(3)12-22/h6-14H,1-5H3,(H,26,27,29)/b23-14-. The minimum absolute atomic E-state index is 0.109. The van der Waals surface area contributed by atoms with E-state index in [1.54, 1.807) is 0 Å². The van der Waals surface area contributed by atoms with Gasteiger partial charge in [-0.25, -0.2) is 4.99 Å². The van der Waals surface area contributed by atoms with Crippen LogP contribution in [0.1, 0.15) is 33.6 Å². The Bertz CT molecular complexity index is 1200. The third-order valence-corrected chi connectivity index (χ3v) is 6.01. The molecule has 5 heteroatoms. The number of hydrogen-bond donors (Lipinski definition) is 1. The zero-order valence-corrected chi connectivity index (χ0v) is 18.7. The number of rotatable bonds is 3. The molecule has 1 aromatic heterocycles. The van der Waals surface area contributed by atoms with Crippen molar-refractivity contribution >= 4 is 34.6 Å². The smallest absolute Gasteiger partial charge is 0.264 e. The van der Waals surface area contributed by atoms with E-state index in [0.29, 0.717) is 10.1 Å². The molecule has 1 aliphatic heterocycles. The fourth-order valence-electron chi connectivity index (χ4n) is 3.85. The van der Waals surface area contributed by atoms with Gasteiger partial charge < -0.3 is 9.88 Å². The maximum absolute atomic E-state index is 12.5. The van der Waals surface area contributed by atoms with Gasteiger partial charge in [0.25, 0.3) is 5.91 Å². The molecule has 1 saturated heterocycles. The lowest BCUT2D eigenvalue weighted by molar-refractivity contribution is -0.115. The van der Waals surface area contributed by atoms with Crippen molar-refractivity contribution in [3.63, 3.8) is 0 Å². The first-order valence-corrected chi connectivity index (χ1v) is 10.8. The fraction of sp³-hybridized carbons (Fsp3) is 0.200. The average molecular weight is 416 g/mol. The highest BCUT2D eigenvalue weighted by Gasteiger charge is 2.24. The number of benzene rings is 2. The molecule has 2 heterocycles. The maximum atomic E-state index is 12.5. The zero-order chi connectivity index (χ0) is 21.4. The Morgan fingerprint density at radius 1 is 0.933 bits per heavy atom. The van der Waals surface area contributed by atoms with Gasteiger partial charge in [-0.3, -0.25) is 4.79 Å². The highest BCUT2D eigenvalue weighted by atomic mass is 32.2. The molecule has 0 bridgehead atoms. The Kier molecular flexibility index (Phi) is 5.39. The van der Waals surface area contributed by atoms with Crippen LogP contribution >= 0.6 is 11.8 Å². The second-order valence-corrected chi connectivity index (χ2v) is 8.86. The monoisotopic (exact) mass is 415 g/mol. The molecule has 1 N–H and O–H groups in total. The number of aryl methyl sites for hydroxylation is 4. The Hall–Kier alpha value is -3.05. The van der Waals surface area contributed by atoms with Gasteiger partial charge in [0.15, 0.2) is 5.17 Å². The summed E-state index contributed by atoms with van der Waals surface area (Å²) < 4.78 is 2.24. The fourth-order valence-corrected chi connectivity index (χ4v) is 4.68. The maximum Gasteiger partial charge on any atom is 0.264 e. The number of hydrogen-bond acceptors (Lipinski definition) is 3. The molecule has 0 unspecified atom stereocenters. The highest BCUT2D eigenvalue weighted by Crippen LogP contribution is 2.31. The van der Waals surface area contributed by atoms with E-state index >= 15 is 0 Å². The minimum atomic E-state index is -0.109. The van der Waals surface area contributed by atoms with E-state index in [-0.39, 0.29) is 5.91 Å².